The van der Waals surface area contributed by atoms with Crippen LogP contribution in [0.3, 0.4) is 0 Å². The number of alkyl halides is 2. The van der Waals surface area contributed by atoms with Crippen LogP contribution in [-0.4, -0.2) is 12.9 Å². The largest absolute Gasteiger partial charge is 0.335 e. The lowest BCUT2D eigenvalue weighted by Crippen LogP contribution is -2.24. The van der Waals surface area contributed by atoms with Crippen LogP contribution in [0.5, 0.6) is 0 Å². The fraction of sp³-hybridized carbons (Fsp3) is 0.353. The average Bonchev–Trinajstić information content (AvgIpc) is 2.49. The van der Waals surface area contributed by atoms with Crippen LogP contribution >= 0.6 is 21.0 Å². The molecule has 0 spiro atoms. The van der Waals surface area contributed by atoms with Gasteiger partial charge in [-0.3, -0.25) is 4.99 Å². The van der Waals surface area contributed by atoms with E-state index in [2.05, 4.69) is 10.3 Å². The molecule has 126 valence electrons. The van der Waals surface area contributed by atoms with Crippen molar-refractivity contribution in [3.63, 3.8) is 0 Å². The van der Waals surface area contributed by atoms with Gasteiger partial charge in [0.15, 0.2) is 0 Å². The van der Waals surface area contributed by atoms with Gasteiger partial charge in [0.1, 0.15) is 5.84 Å². The molecule has 0 amide bonds. The molecule has 0 bridgehead atoms. The summed E-state index contributed by atoms with van der Waals surface area (Å²) >= 11 is 1.54. The quantitative estimate of drug-likeness (QED) is 0.419. The van der Waals surface area contributed by atoms with Gasteiger partial charge in [-0.2, -0.15) is 8.78 Å². The van der Waals surface area contributed by atoms with E-state index < -0.39 is 5.66 Å². The standard InChI is InChI=1S/C17H23F2N2PS/c1-5-7-15(23-10-6-2)21-16(20-4)14-11-13(17(18,19)22)9-8-12(14)3/h6-11H,5,22H2,1-4H3,(H,20,21)/b10-6-,15-7-. The number of amidine groups is 1. The lowest BCUT2D eigenvalue weighted by Gasteiger charge is -2.17. The number of nitrogens with zero attached hydrogens (tertiary/aromatic N) is 1. The van der Waals surface area contributed by atoms with Gasteiger partial charge in [0.05, 0.1) is 5.03 Å². The zero-order valence-electron chi connectivity index (χ0n) is 13.9. The SMILES string of the molecule is C/C=C\S/C(=C\CC)NC(=NC)c1cc(C(F)(F)P)ccc1C. The van der Waals surface area contributed by atoms with E-state index in [1.807, 2.05) is 38.3 Å². The summed E-state index contributed by atoms with van der Waals surface area (Å²) < 4.78 is 27.1. The predicted octanol–water partition coefficient (Wildman–Crippen LogP) is 5.40. The van der Waals surface area contributed by atoms with Gasteiger partial charge in [-0.25, -0.2) is 0 Å². The number of thioether (sulfide) groups is 1. The summed E-state index contributed by atoms with van der Waals surface area (Å²) in [5.41, 5.74) is -1.44. The third-order valence-corrected chi connectivity index (χ3v) is 4.33. The Bertz CT molecular complexity index is 620. The number of hydrogen-bond acceptors (Lipinski definition) is 2. The highest BCUT2D eigenvalue weighted by atomic mass is 32.2. The smallest absolute Gasteiger partial charge is 0.283 e. The van der Waals surface area contributed by atoms with Crippen molar-refractivity contribution >= 4 is 26.8 Å². The highest BCUT2D eigenvalue weighted by Gasteiger charge is 2.25. The van der Waals surface area contributed by atoms with Crippen molar-refractivity contribution in [2.24, 2.45) is 4.99 Å². The number of halogens is 2. The Morgan fingerprint density at radius 3 is 2.65 bits per heavy atom. The Morgan fingerprint density at radius 1 is 1.43 bits per heavy atom. The van der Waals surface area contributed by atoms with E-state index >= 15 is 0 Å². The molecule has 23 heavy (non-hydrogen) atoms. The Kier molecular flexibility index (Phi) is 7.93. The van der Waals surface area contributed by atoms with Crippen LogP contribution in [0.1, 0.15) is 37.0 Å². The van der Waals surface area contributed by atoms with Gasteiger partial charge < -0.3 is 5.32 Å². The van der Waals surface area contributed by atoms with Crippen LogP contribution in [0, 0.1) is 6.92 Å². The molecule has 0 aliphatic rings. The number of rotatable bonds is 6. The third kappa shape index (κ3) is 6.08. The molecule has 0 aromatic heterocycles. The summed E-state index contributed by atoms with van der Waals surface area (Å²) in [6.45, 7) is 5.87. The second-order valence-electron chi connectivity index (χ2n) is 4.91. The molecular weight excluding hydrogens is 333 g/mol. The summed E-state index contributed by atoms with van der Waals surface area (Å²) in [5.74, 6) is 0.579. The maximum absolute atomic E-state index is 13.6. The van der Waals surface area contributed by atoms with Crippen molar-refractivity contribution in [2.75, 3.05) is 7.05 Å². The van der Waals surface area contributed by atoms with Crippen molar-refractivity contribution < 1.29 is 8.78 Å². The number of allylic oxidation sites excluding steroid dienone is 2. The van der Waals surface area contributed by atoms with Gasteiger partial charge in [0.25, 0.3) is 5.66 Å². The Balaban J connectivity index is 3.17. The lowest BCUT2D eigenvalue weighted by atomic mass is 10.0. The van der Waals surface area contributed by atoms with Crippen molar-refractivity contribution in [1.82, 2.24) is 5.32 Å². The highest BCUT2D eigenvalue weighted by Crippen LogP contribution is 2.35. The number of hydrogen-bond donors (Lipinski definition) is 1. The molecule has 0 fully saturated rings. The maximum atomic E-state index is 13.6. The summed E-state index contributed by atoms with van der Waals surface area (Å²) in [7, 11) is 3.22. The number of nitrogens with one attached hydrogen (secondary N) is 1. The van der Waals surface area contributed by atoms with Gasteiger partial charge in [-0.05, 0) is 37.3 Å². The van der Waals surface area contributed by atoms with E-state index in [1.54, 1.807) is 22.4 Å². The van der Waals surface area contributed by atoms with Crippen molar-refractivity contribution in [2.45, 2.75) is 32.9 Å². The summed E-state index contributed by atoms with van der Waals surface area (Å²) in [4.78, 5) is 4.25. The van der Waals surface area contributed by atoms with Gasteiger partial charge >= 0.3 is 0 Å². The third-order valence-electron chi connectivity index (χ3n) is 3.06. The van der Waals surface area contributed by atoms with Crippen LogP contribution in [0.2, 0.25) is 0 Å². The molecule has 0 radical (unpaired) electrons. The van der Waals surface area contributed by atoms with E-state index in [-0.39, 0.29) is 5.56 Å². The van der Waals surface area contributed by atoms with Crippen LogP contribution in [0.4, 0.5) is 8.78 Å². The normalized spacial score (nSPS) is 13.7. The van der Waals surface area contributed by atoms with Crippen molar-refractivity contribution in [3.8, 4) is 0 Å². The molecule has 2 nitrogen and oxygen atoms in total. The van der Waals surface area contributed by atoms with Crippen LogP contribution in [0.15, 0.2) is 45.8 Å². The molecule has 0 heterocycles. The first-order chi connectivity index (χ1) is 10.8. The van der Waals surface area contributed by atoms with Gasteiger partial charge in [-0.1, -0.05) is 52.2 Å². The number of aryl methyl sites for hydroxylation is 1. The summed E-state index contributed by atoms with van der Waals surface area (Å²) in [5, 5.41) is 6.13. The first-order valence-corrected chi connectivity index (χ1v) is 8.79. The second kappa shape index (κ2) is 9.19. The number of benzene rings is 1. The highest BCUT2D eigenvalue weighted by molar-refractivity contribution is 8.05. The molecule has 1 rings (SSSR count). The Labute approximate surface area is 143 Å². The van der Waals surface area contributed by atoms with Gasteiger partial charge in [0.2, 0.25) is 0 Å². The molecule has 6 heteroatoms. The predicted molar refractivity (Wildman–Crippen MR) is 101 cm³/mol. The second-order valence-corrected chi connectivity index (χ2v) is 6.59. The zero-order chi connectivity index (χ0) is 17.5. The molecule has 0 aliphatic carbocycles. The van der Waals surface area contributed by atoms with Gasteiger partial charge in [0, 0.05) is 18.2 Å². The first-order valence-electron chi connectivity index (χ1n) is 7.33. The zero-order valence-corrected chi connectivity index (χ0v) is 15.8. The van der Waals surface area contributed by atoms with Crippen LogP contribution in [-0.2, 0) is 5.66 Å². The fourth-order valence-corrected chi connectivity index (χ4v) is 2.78. The molecule has 1 atom stereocenters. The summed E-state index contributed by atoms with van der Waals surface area (Å²) in [6, 6.07) is 4.62. The van der Waals surface area contributed by atoms with E-state index in [9.17, 15) is 8.78 Å². The minimum atomic E-state index is -2.96. The molecular formula is C17H23F2N2PS. The molecule has 1 unspecified atom stereocenters. The average molecular weight is 356 g/mol. The molecule has 0 saturated heterocycles. The Morgan fingerprint density at radius 2 is 2.13 bits per heavy atom. The molecule has 1 aromatic carbocycles. The minimum absolute atomic E-state index is 0.0480. The Hall–Kier alpha value is -1.19. The minimum Gasteiger partial charge on any atom is -0.335 e. The molecule has 0 saturated carbocycles. The molecule has 0 aliphatic heterocycles. The van der Waals surface area contributed by atoms with Crippen molar-refractivity contribution in [3.05, 3.63) is 57.5 Å². The van der Waals surface area contributed by atoms with Crippen LogP contribution in [0.25, 0.3) is 0 Å². The molecule has 1 aromatic rings. The van der Waals surface area contributed by atoms with E-state index in [4.69, 9.17) is 0 Å². The van der Waals surface area contributed by atoms with Crippen molar-refractivity contribution in [1.29, 1.82) is 0 Å². The van der Waals surface area contributed by atoms with E-state index in [1.165, 1.54) is 23.9 Å². The monoisotopic (exact) mass is 356 g/mol. The lowest BCUT2D eigenvalue weighted by molar-refractivity contribution is 0.104. The maximum Gasteiger partial charge on any atom is 0.283 e. The molecule has 1 N–H and O–H groups in total. The fourth-order valence-electron chi connectivity index (χ4n) is 1.90. The topological polar surface area (TPSA) is 24.4 Å². The van der Waals surface area contributed by atoms with E-state index in [0.29, 0.717) is 11.4 Å². The van der Waals surface area contributed by atoms with E-state index in [0.717, 1.165) is 17.0 Å². The number of aliphatic imine (C=N–C) groups is 1. The van der Waals surface area contributed by atoms with Gasteiger partial charge in [-0.15, -0.1) is 0 Å². The first kappa shape index (κ1) is 19.9. The summed E-state index contributed by atoms with van der Waals surface area (Å²) in [6.07, 6.45) is 4.85. The van der Waals surface area contributed by atoms with Crippen LogP contribution < -0.4 is 5.32 Å².